The van der Waals surface area contributed by atoms with Gasteiger partial charge in [0, 0.05) is 17.4 Å². The first kappa shape index (κ1) is 8.94. The Bertz CT molecular complexity index is 812. The lowest BCUT2D eigenvalue weighted by molar-refractivity contribution is 0.1000. The van der Waals surface area contributed by atoms with Crippen molar-refractivity contribution < 1.29 is 4.79 Å². The molecule has 0 aliphatic heterocycles. The van der Waals surface area contributed by atoms with Crippen LogP contribution in [0.1, 0.15) is 16.8 Å². The summed E-state index contributed by atoms with van der Waals surface area (Å²) in [6.45, 7) is 0. The second kappa shape index (κ2) is 2.95. The van der Waals surface area contributed by atoms with Gasteiger partial charge in [-0.1, -0.05) is 48.5 Å². The van der Waals surface area contributed by atoms with E-state index in [0.29, 0.717) is 6.42 Å². The van der Waals surface area contributed by atoms with Crippen LogP contribution in [0.25, 0.3) is 27.6 Å². The van der Waals surface area contributed by atoms with Crippen LogP contribution in [0.2, 0.25) is 0 Å². The summed E-state index contributed by atoms with van der Waals surface area (Å²) in [6.07, 6.45) is 2.57. The van der Waals surface area contributed by atoms with Gasteiger partial charge in [0.15, 0.2) is 5.78 Å². The quantitative estimate of drug-likeness (QED) is 0.566. The van der Waals surface area contributed by atoms with Gasteiger partial charge in [-0.25, -0.2) is 0 Å². The second-order valence-corrected chi connectivity index (χ2v) is 4.55. The number of hydrogen-bond donors (Lipinski definition) is 0. The number of carbonyl (C=O) groups is 1. The summed E-state index contributed by atoms with van der Waals surface area (Å²) >= 11 is 0. The summed E-state index contributed by atoms with van der Waals surface area (Å²) in [5.41, 5.74) is 0.881. The summed E-state index contributed by atoms with van der Waals surface area (Å²) < 4.78 is 0. The van der Waals surface area contributed by atoms with E-state index in [1.165, 1.54) is 21.4 Å². The van der Waals surface area contributed by atoms with Gasteiger partial charge in [0.25, 0.3) is 0 Å². The van der Waals surface area contributed by atoms with E-state index in [4.69, 9.17) is 0 Å². The van der Waals surface area contributed by atoms with E-state index >= 15 is 0 Å². The van der Waals surface area contributed by atoms with Crippen molar-refractivity contribution >= 4 is 33.4 Å². The van der Waals surface area contributed by atoms with Crippen LogP contribution in [0.4, 0.5) is 0 Å². The zero-order valence-corrected chi connectivity index (χ0v) is 9.23. The predicted molar refractivity (Wildman–Crippen MR) is 70.1 cm³/mol. The molecule has 0 saturated carbocycles. The molecule has 0 N–H and O–H groups in total. The molecule has 0 heterocycles. The molecular formula is C16H10O. The van der Waals surface area contributed by atoms with E-state index in [0.717, 1.165) is 10.9 Å². The normalized spacial score (nSPS) is 14.2. The summed E-state index contributed by atoms with van der Waals surface area (Å²) in [7, 11) is 0. The maximum atomic E-state index is 11.9. The molecule has 1 aliphatic carbocycles. The predicted octanol–water partition coefficient (Wildman–Crippen LogP) is 3.08. The molecule has 0 amide bonds. The molecule has 1 aliphatic rings. The Kier molecular flexibility index (Phi) is 1.55. The highest BCUT2D eigenvalue weighted by atomic mass is 16.1. The van der Waals surface area contributed by atoms with Crippen LogP contribution in [-0.2, 0) is 0 Å². The van der Waals surface area contributed by atoms with Crippen LogP contribution >= 0.6 is 0 Å². The minimum Gasteiger partial charge on any atom is -0.294 e. The molecule has 0 aromatic heterocycles. The molecule has 0 spiro atoms. The highest BCUT2D eigenvalue weighted by molar-refractivity contribution is 6.20. The van der Waals surface area contributed by atoms with Crippen LogP contribution < -0.4 is 5.22 Å². The van der Waals surface area contributed by atoms with Crippen molar-refractivity contribution in [3.05, 3.63) is 53.2 Å². The number of Topliss-reactive ketones (excluding diaryl/α,β-unsaturated/α-hetero) is 1. The molecule has 4 rings (SSSR count). The topological polar surface area (TPSA) is 17.1 Å². The van der Waals surface area contributed by atoms with Gasteiger partial charge in [-0.3, -0.25) is 4.79 Å². The van der Waals surface area contributed by atoms with Gasteiger partial charge in [-0.2, -0.15) is 0 Å². The third-order valence-corrected chi connectivity index (χ3v) is 3.62. The Morgan fingerprint density at radius 2 is 1.59 bits per heavy atom. The van der Waals surface area contributed by atoms with Crippen molar-refractivity contribution in [3.8, 4) is 0 Å². The molecule has 1 nitrogen and oxygen atoms in total. The minimum absolute atomic E-state index is 0.232. The molecule has 3 aromatic rings. The Labute approximate surface area is 98.3 Å². The zero-order valence-electron chi connectivity index (χ0n) is 9.23. The van der Waals surface area contributed by atoms with Crippen LogP contribution in [0.15, 0.2) is 42.5 Å². The third kappa shape index (κ3) is 1.06. The van der Waals surface area contributed by atoms with E-state index in [9.17, 15) is 4.79 Å². The highest BCUT2D eigenvalue weighted by Crippen LogP contribution is 2.29. The molecule has 0 fully saturated rings. The van der Waals surface area contributed by atoms with Crippen molar-refractivity contribution in [3.63, 3.8) is 0 Å². The molecular weight excluding hydrogens is 208 g/mol. The van der Waals surface area contributed by atoms with Crippen molar-refractivity contribution in [1.29, 1.82) is 0 Å². The number of benzene rings is 3. The van der Waals surface area contributed by atoms with Crippen LogP contribution in [0.5, 0.6) is 0 Å². The van der Waals surface area contributed by atoms with E-state index < -0.39 is 0 Å². The van der Waals surface area contributed by atoms with Crippen LogP contribution in [0, 0.1) is 0 Å². The van der Waals surface area contributed by atoms with E-state index in [1.54, 1.807) is 0 Å². The highest BCUT2D eigenvalue weighted by Gasteiger charge is 2.16. The Hall–Kier alpha value is -2.15. The van der Waals surface area contributed by atoms with Crippen molar-refractivity contribution in [1.82, 2.24) is 0 Å². The average Bonchev–Trinajstić information content (AvgIpc) is 2.38. The third-order valence-electron chi connectivity index (χ3n) is 3.62. The summed E-state index contributed by atoms with van der Waals surface area (Å²) in [5.74, 6) is 0.232. The van der Waals surface area contributed by atoms with E-state index in [-0.39, 0.29) is 5.78 Å². The average molecular weight is 218 g/mol. The Morgan fingerprint density at radius 1 is 0.824 bits per heavy atom. The largest absolute Gasteiger partial charge is 0.294 e. The fourth-order valence-corrected chi connectivity index (χ4v) is 2.82. The fourth-order valence-electron chi connectivity index (χ4n) is 2.82. The summed E-state index contributed by atoms with van der Waals surface area (Å²) in [6, 6.07) is 14.6. The first-order chi connectivity index (χ1) is 8.34. The smallest absolute Gasteiger partial charge is 0.167 e. The van der Waals surface area contributed by atoms with Gasteiger partial charge in [-0.05, 0) is 21.4 Å². The van der Waals surface area contributed by atoms with Gasteiger partial charge >= 0.3 is 0 Å². The van der Waals surface area contributed by atoms with Gasteiger partial charge in [0.1, 0.15) is 0 Å². The van der Waals surface area contributed by atoms with Crippen LogP contribution in [0.3, 0.4) is 0 Å². The molecule has 0 bridgehead atoms. The Morgan fingerprint density at radius 3 is 2.41 bits per heavy atom. The standard InChI is InChI=1S/C16H10O/c17-14-9-7-12-5-4-10-2-1-3-11-6-8-13(14)16(12)15(10)11/h1-8H,9H2. The van der Waals surface area contributed by atoms with Crippen molar-refractivity contribution in [2.24, 2.45) is 0 Å². The number of ketones is 1. The van der Waals surface area contributed by atoms with Gasteiger partial charge in [0.05, 0.1) is 0 Å². The van der Waals surface area contributed by atoms with E-state index in [1.807, 2.05) is 12.1 Å². The summed E-state index contributed by atoms with van der Waals surface area (Å²) in [5, 5.41) is 5.99. The number of hydrogen-bond acceptors (Lipinski definition) is 1. The SMILES string of the molecule is O=C1CC=c2ccc3cccc4ccc1c2c43. The lowest BCUT2D eigenvalue weighted by atomic mass is 9.89. The van der Waals surface area contributed by atoms with Gasteiger partial charge in [-0.15, -0.1) is 0 Å². The van der Waals surface area contributed by atoms with Crippen LogP contribution in [-0.4, -0.2) is 5.78 Å². The molecule has 0 atom stereocenters. The molecule has 80 valence electrons. The monoisotopic (exact) mass is 218 g/mol. The lowest BCUT2D eigenvalue weighted by Gasteiger charge is -2.13. The Balaban J connectivity index is 2.44. The van der Waals surface area contributed by atoms with Crippen molar-refractivity contribution in [2.75, 3.05) is 0 Å². The zero-order chi connectivity index (χ0) is 11.4. The van der Waals surface area contributed by atoms with Crippen molar-refractivity contribution in [2.45, 2.75) is 6.42 Å². The van der Waals surface area contributed by atoms with E-state index in [2.05, 4.69) is 36.4 Å². The minimum atomic E-state index is 0.232. The van der Waals surface area contributed by atoms with Gasteiger partial charge < -0.3 is 0 Å². The number of carbonyl (C=O) groups excluding carboxylic acids is 1. The molecule has 17 heavy (non-hydrogen) atoms. The maximum Gasteiger partial charge on any atom is 0.167 e. The van der Waals surface area contributed by atoms with Gasteiger partial charge in [0.2, 0.25) is 0 Å². The fraction of sp³-hybridized carbons (Fsp3) is 0.0625. The first-order valence-electron chi connectivity index (χ1n) is 5.82. The molecule has 0 unspecified atom stereocenters. The lowest BCUT2D eigenvalue weighted by Crippen LogP contribution is -2.14. The summed E-state index contributed by atoms with van der Waals surface area (Å²) in [4.78, 5) is 11.9. The maximum absolute atomic E-state index is 11.9. The first-order valence-corrected chi connectivity index (χ1v) is 5.82. The molecule has 0 radical (unpaired) electrons. The number of rotatable bonds is 0. The second-order valence-electron chi connectivity index (χ2n) is 4.55. The molecule has 0 saturated heterocycles. The molecule has 3 aromatic carbocycles. The molecule has 1 heteroatoms.